The molecule has 1 N–H and O–H groups in total. The van der Waals surface area contributed by atoms with E-state index in [0.717, 1.165) is 18.4 Å². The summed E-state index contributed by atoms with van der Waals surface area (Å²) in [6.07, 6.45) is 1.59. The van der Waals surface area contributed by atoms with E-state index < -0.39 is 0 Å². The van der Waals surface area contributed by atoms with Crippen LogP contribution in [0.25, 0.3) is 39.0 Å². The normalized spacial score (nSPS) is 11.3. The van der Waals surface area contributed by atoms with Gasteiger partial charge in [0.05, 0.1) is 19.8 Å². The van der Waals surface area contributed by atoms with Crippen LogP contribution >= 0.6 is 68.0 Å². The molecule has 0 saturated carbocycles. The number of hydrogen-bond acceptors (Lipinski definition) is 9. The average Bonchev–Trinajstić information content (AvgIpc) is 3.89. The molecule has 222 valence electrons. The smallest absolute Gasteiger partial charge is 0.123 e. The molecule has 0 aliphatic rings. The van der Waals surface area contributed by atoms with Crippen LogP contribution in [0.3, 0.4) is 0 Å². The minimum absolute atomic E-state index is 0.0674. The molecule has 6 heterocycles. The van der Waals surface area contributed by atoms with Crippen molar-refractivity contribution in [2.45, 2.75) is 19.4 Å². The molecule has 0 amide bonds. The van der Waals surface area contributed by atoms with E-state index in [4.69, 9.17) is 9.47 Å². The van der Waals surface area contributed by atoms with E-state index >= 15 is 0 Å². The van der Waals surface area contributed by atoms with Crippen molar-refractivity contribution in [1.82, 2.24) is 0 Å². The predicted octanol–water partition coefficient (Wildman–Crippen LogP) is 11.5. The third-order valence-corrected chi connectivity index (χ3v) is 13.6. The zero-order valence-electron chi connectivity index (χ0n) is 23.6. The average molecular weight is 689 g/mol. The Morgan fingerprint density at radius 1 is 0.500 bits per heavy atom. The van der Waals surface area contributed by atoms with Gasteiger partial charge in [-0.3, -0.25) is 0 Å². The fourth-order valence-electron chi connectivity index (χ4n) is 4.99. The van der Waals surface area contributed by atoms with Crippen molar-refractivity contribution >= 4 is 68.0 Å². The van der Waals surface area contributed by atoms with Crippen LogP contribution < -0.4 is 9.47 Å². The number of aliphatic hydroxyl groups excluding tert-OH is 1. The van der Waals surface area contributed by atoms with Crippen LogP contribution in [0.4, 0.5) is 0 Å². The molecule has 0 radical (unpaired) electrons. The first-order valence-electron chi connectivity index (χ1n) is 14.1. The second-order valence-electron chi connectivity index (χ2n) is 10.0. The van der Waals surface area contributed by atoms with Crippen LogP contribution in [0.2, 0.25) is 0 Å². The van der Waals surface area contributed by atoms with Crippen LogP contribution in [0, 0.1) is 0 Å². The third-order valence-electron chi connectivity index (χ3n) is 7.04. The molecule has 7 rings (SSSR count). The predicted molar refractivity (Wildman–Crippen MR) is 193 cm³/mol. The van der Waals surface area contributed by atoms with Crippen molar-refractivity contribution in [3.05, 3.63) is 117 Å². The molecule has 6 aromatic heterocycles. The summed E-state index contributed by atoms with van der Waals surface area (Å²) in [4.78, 5) is 10.4. The fraction of sp³-hybridized carbons (Fsp3) is 0.143. The van der Waals surface area contributed by atoms with Crippen molar-refractivity contribution < 1.29 is 14.6 Å². The summed E-state index contributed by atoms with van der Waals surface area (Å²) < 4.78 is 12.5. The molecule has 0 atom stereocenters. The molecular weight excluding hydrogens is 661 g/mol. The molecule has 1 aromatic carbocycles. The molecule has 0 fully saturated rings. The molecule has 0 aliphatic heterocycles. The molecule has 0 saturated heterocycles. The monoisotopic (exact) mass is 688 g/mol. The van der Waals surface area contributed by atoms with Gasteiger partial charge in [0, 0.05) is 57.9 Å². The summed E-state index contributed by atoms with van der Waals surface area (Å²) in [5.74, 6) is 1.43. The number of aliphatic hydroxyl groups is 1. The minimum Gasteiger partial charge on any atom is -0.493 e. The van der Waals surface area contributed by atoms with Gasteiger partial charge in [0.2, 0.25) is 0 Å². The molecule has 0 aliphatic carbocycles. The summed E-state index contributed by atoms with van der Waals surface area (Å²) >= 11 is 10.8. The topological polar surface area (TPSA) is 38.7 Å². The lowest BCUT2D eigenvalue weighted by molar-refractivity contribution is 0.275. The summed E-state index contributed by atoms with van der Waals surface area (Å²) in [6.45, 7) is 1.01. The first-order valence-corrected chi connectivity index (χ1v) is 19.3. The number of rotatable bonds is 13. The lowest BCUT2D eigenvalue weighted by atomic mass is 10.1. The Kier molecular flexibility index (Phi) is 9.41. The maximum Gasteiger partial charge on any atom is 0.123 e. The summed E-state index contributed by atoms with van der Waals surface area (Å²) in [7, 11) is 0. The largest absolute Gasteiger partial charge is 0.493 e. The van der Waals surface area contributed by atoms with Gasteiger partial charge in [0.1, 0.15) is 11.5 Å². The van der Waals surface area contributed by atoms with E-state index in [2.05, 4.69) is 82.2 Å². The Hall–Kier alpha value is -3.02. The van der Waals surface area contributed by atoms with E-state index in [0.29, 0.717) is 24.7 Å². The van der Waals surface area contributed by atoms with Crippen LogP contribution in [0.1, 0.15) is 16.7 Å². The molecule has 7 aromatic rings. The highest BCUT2D eigenvalue weighted by Crippen LogP contribution is 2.43. The zero-order chi connectivity index (χ0) is 29.7. The Morgan fingerprint density at radius 3 is 1.32 bits per heavy atom. The first kappa shape index (κ1) is 29.7. The van der Waals surface area contributed by atoms with Crippen molar-refractivity contribution in [1.29, 1.82) is 0 Å². The van der Waals surface area contributed by atoms with Gasteiger partial charge in [-0.2, -0.15) is 0 Å². The standard InChI is InChI=1S/C35H28O3S6/c36-22-23-17-26(37-11-9-24-19-32(28-5-1-13-39-28)43-34(24)30-7-3-15-41-30)21-27(18-23)38-12-10-25-20-33(29-6-2-14-40-29)44-35(25)31-8-4-16-42-31/h1-8,13-21,36H,9-12,22H2. The quantitative estimate of drug-likeness (QED) is 0.131. The Morgan fingerprint density at radius 2 is 0.932 bits per heavy atom. The second kappa shape index (κ2) is 14.0. The number of thiophene rings is 6. The number of hydrogen-bond donors (Lipinski definition) is 1. The summed E-state index contributed by atoms with van der Waals surface area (Å²) in [6, 6.07) is 27.5. The van der Waals surface area contributed by atoms with E-state index in [1.165, 1.54) is 50.1 Å². The fourth-order valence-corrected chi connectivity index (χ4v) is 10.8. The van der Waals surface area contributed by atoms with Crippen molar-refractivity contribution in [2.75, 3.05) is 13.2 Å². The van der Waals surface area contributed by atoms with E-state index in [-0.39, 0.29) is 6.61 Å². The van der Waals surface area contributed by atoms with Crippen molar-refractivity contribution in [3.8, 4) is 50.5 Å². The minimum atomic E-state index is -0.0674. The van der Waals surface area contributed by atoms with Gasteiger partial charge in [-0.1, -0.05) is 24.3 Å². The molecule has 44 heavy (non-hydrogen) atoms. The molecule has 0 spiro atoms. The SMILES string of the molecule is OCc1cc(OCCc2cc(-c3cccs3)sc2-c2cccs2)cc(OCCc2cc(-c3cccs3)sc2-c2cccs2)c1. The molecule has 9 heteroatoms. The van der Waals surface area contributed by atoms with E-state index in [1.54, 1.807) is 45.3 Å². The molecule has 0 bridgehead atoms. The van der Waals surface area contributed by atoms with Gasteiger partial charge in [0.15, 0.2) is 0 Å². The number of benzene rings is 1. The maximum absolute atomic E-state index is 9.96. The highest BCUT2D eigenvalue weighted by molar-refractivity contribution is 7.26. The summed E-state index contributed by atoms with van der Waals surface area (Å²) in [5, 5.41) is 18.5. The van der Waals surface area contributed by atoms with Gasteiger partial charge >= 0.3 is 0 Å². The summed E-state index contributed by atoms with van der Waals surface area (Å²) in [5.41, 5.74) is 3.38. The highest BCUT2D eigenvalue weighted by atomic mass is 32.1. The molecular formula is C35H28O3S6. The maximum atomic E-state index is 9.96. The zero-order valence-corrected chi connectivity index (χ0v) is 28.5. The van der Waals surface area contributed by atoms with Crippen molar-refractivity contribution in [2.24, 2.45) is 0 Å². The number of ether oxygens (including phenoxy) is 2. The van der Waals surface area contributed by atoms with Gasteiger partial charge in [0.25, 0.3) is 0 Å². The Bertz CT molecular complexity index is 1760. The van der Waals surface area contributed by atoms with Crippen LogP contribution in [0.15, 0.2) is 100 Å². The van der Waals surface area contributed by atoms with Crippen LogP contribution in [0.5, 0.6) is 11.5 Å². The van der Waals surface area contributed by atoms with Gasteiger partial charge in [-0.05, 0) is 86.7 Å². The van der Waals surface area contributed by atoms with Gasteiger partial charge in [-0.25, -0.2) is 0 Å². The molecule has 3 nitrogen and oxygen atoms in total. The van der Waals surface area contributed by atoms with Gasteiger partial charge < -0.3 is 14.6 Å². The van der Waals surface area contributed by atoms with E-state index in [9.17, 15) is 5.11 Å². The van der Waals surface area contributed by atoms with Crippen LogP contribution in [-0.4, -0.2) is 18.3 Å². The Balaban J connectivity index is 1.03. The van der Waals surface area contributed by atoms with E-state index in [1.807, 2.05) is 40.9 Å². The van der Waals surface area contributed by atoms with Crippen LogP contribution in [-0.2, 0) is 19.4 Å². The lowest BCUT2D eigenvalue weighted by Crippen LogP contribution is -2.04. The Labute approximate surface area is 280 Å². The first-order chi connectivity index (χ1) is 21.7. The lowest BCUT2D eigenvalue weighted by Gasteiger charge is -2.12. The van der Waals surface area contributed by atoms with Crippen molar-refractivity contribution in [3.63, 3.8) is 0 Å². The van der Waals surface area contributed by atoms with Gasteiger partial charge in [-0.15, -0.1) is 68.0 Å². The second-order valence-corrected chi connectivity index (χ2v) is 15.9. The third kappa shape index (κ3) is 6.79. The highest BCUT2D eigenvalue weighted by Gasteiger charge is 2.16. The molecule has 0 unspecified atom stereocenters.